The molecule has 48 heavy (non-hydrogen) atoms. The Hall–Kier alpha value is -6.06. The molecule has 1 aliphatic heterocycles. The molecule has 0 spiro atoms. The standard InChI is InChI=1S/C45H31NO2/c1-45(2)37-18-8-11-22-42(37)48-44-33(17-12-19-38(44)45)36-27-30(26-35-32-16-7-10-21-41(32)47-43(35)36)46-39-20-9-6-15-31(39)34-25-29(23-24-40(34)46)28-13-4-3-5-14-28/h3-27H,1-2H3. The summed E-state index contributed by atoms with van der Waals surface area (Å²) >= 11 is 0. The van der Waals surface area contributed by atoms with Crippen LogP contribution in [0.3, 0.4) is 0 Å². The second-order valence-corrected chi connectivity index (χ2v) is 13.3. The molecular weight excluding hydrogens is 587 g/mol. The smallest absolute Gasteiger partial charge is 0.143 e. The van der Waals surface area contributed by atoms with Gasteiger partial charge in [-0.15, -0.1) is 0 Å². The molecule has 0 saturated heterocycles. The van der Waals surface area contributed by atoms with Crippen molar-refractivity contribution < 1.29 is 9.15 Å². The zero-order valence-electron chi connectivity index (χ0n) is 26.7. The van der Waals surface area contributed by atoms with Gasteiger partial charge in [-0.2, -0.15) is 0 Å². The summed E-state index contributed by atoms with van der Waals surface area (Å²) in [4.78, 5) is 0. The molecule has 0 fully saturated rings. The van der Waals surface area contributed by atoms with Crippen LogP contribution in [0.5, 0.6) is 11.5 Å². The summed E-state index contributed by atoms with van der Waals surface area (Å²) in [6.45, 7) is 4.57. The second-order valence-electron chi connectivity index (χ2n) is 13.3. The van der Waals surface area contributed by atoms with Gasteiger partial charge in [0.25, 0.3) is 0 Å². The number of ether oxygens (including phenoxy) is 1. The summed E-state index contributed by atoms with van der Waals surface area (Å²) in [6.07, 6.45) is 0. The molecule has 0 amide bonds. The van der Waals surface area contributed by atoms with Gasteiger partial charge in [0.1, 0.15) is 22.7 Å². The highest BCUT2D eigenvalue weighted by atomic mass is 16.5. The first-order valence-electron chi connectivity index (χ1n) is 16.5. The molecule has 3 nitrogen and oxygen atoms in total. The van der Waals surface area contributed by atoms with E-state index in [-0.39, 0.29) is 5.41 Å². The second kappa shape index (κ2) is 9.97. The van der Waals surface area contributed by atoms with Crippen molar-refractivity contribution in [2.24, 2.45) is 0 Å². The van der Waals surface area contributed by atoms with E-state index >= 15 is 0 Å². The number of aromatic nitrogens is 1. The van der Waals surface area contributed by atoms with Crippen LogP contribution in [0.2, 0.25) is 0 Å². The van der Waals surface area contributed by atoms with Crippen molar-refractivity contribution in [1.82, 2.24) is 4.57 Å². The fourth-order valence-electron chi connectivity index (χ4n) is 7.88. The summed E-state index contributed by atoms with van der Waals surface area (Å²) in [5, 5.41) is 4.63. The number of rotatable bonds is 3. The monoisotopic (exact) mass is 617 g/mol. The zero-order valence-corrected chi connectivity index (χ0v) is 26.7. The van der Waals surface area contributed by atoms with Crippen molar-refractivity contribution in [2.75, 3.05) is 0 Å². The number of fused-ring (bicyclic) bond motifs is 8. The number of nitrogens with zero attached hydrogens (tertiary/aromatic N) is 1. The van der Waals surface area contributed by atoms with Crippen molar-refractivity contribution in [3.8, 4) is 39.4 Å². The molecule has 0 bridgehead atoms. The van der Waals surface area contributed by atoms with E-state index in [0.717, 1.165) is 61.3 Å². The first kappa shape index (κ1) is 27.1. The molecule has 1 aliphatic rings. The zero-order chi connectivity index (χ0) is 32.0. The third kappa shape index (κ3) is 3.82. The lowest BCUT2D eigenvalue weighted by molar-refractivity contribution is 0.419. The van der Waals surface area contributed by atoms with Crippen LogP contribution < -0.4 is 4.74 Å². The van der Waals surface area contributed by atoms with Crippen molar-refractivity contribution >= 4 is 43.7 Å². The van der Waals surface area contributed by atoms with Gasteiger partial charge in [0.05, 0.1) is 11.0 Å². The van der Waals surface area contributed by atoms with Crippen LogP contribution in [0.15, 0.2) is 156 Å². The third-order valence-electron chi connectivity index (χ3n) is 10.3. The van der Waals surface area contributed by atoms with Gasteiger partial charge in [0.2, 0.25) is 0 Å². The fraction of sp³-hybridized carbons (Fsp3) is 0.0667. The molecule has 0 atom stereocenters. The summed E-state index contributed by atoms with van der Waals surface area (Å²) in [5.74, 6) is 1.78. The van der Waals surface area contributed by atoms with Crippen LogP contribution in [0.4, 0.5) is 0 Å². The number of hydrogen-bond acceptors (Lipinski definition) is 2. The van der Waals surface area contributed by atoms with E-state index in [1.165, 1.54) is 33.0 Å². The van der Waals surface area contributed by atoms with E-state index in [4.69, 9.17) is 9.15 Å². The minimum Gasteiger partial charge on any atom is -0.456 e. The van der Waals surface area contributed by atoms with Crippen LogP contribution >= 0.6 is 0 Å². The predicted octanol–water partition coefficient (Wildman–Crippen LogP) is 12.4. The molecule has 0 unspecified atom stereocenters. The SMILES string of the molecule is CC1(C)c2ccccc2Oc2c(-c3cc(-n4c5ccccc5c5cc(-c6ccccc6)ccc54)cc4c3oc3ccccc34)cccc21. The molecule has 3 heterocycles. The number of hydrogen-bond donors (Lipinski definition) is 0. The molecular formula is C45H31NO2. The van der Waals surface area contributed by atoms with Crippen LogP contribution in [-0.4, -0.2) is 4.57 Å². The summed E-state index contributed by atoms with van der Waals surface area (Å²) < 4.78 is 15.9. The minimum absolute atomic E-state index is 0.228. The predicted molar refractivity (Wildman–Crippen MR) is 198 cm³/mol. The summed E-state index contributed by atoms with van der Waals surface area (Å²) in [5.41, 5.74) is 11.7. The average Bonchev–Trinajstić information content (AvgIpc) is 3.67. The summed E-state index contributed by atoms with van der Waals surface area (Å²) in [6, 6.07) is 54.0. The molecule has 7 aromatic carbocycles. The van der Waals surface area contributed by atoms with Gasteiger partial charge >= 0.3 is 0 Å². The van der Waals surface area contributed by atoms with Crippen molar-refractivity contribution in [1.29, 1.82) is 0 Å². The average molecular weight is 618 g/mol. The first-order chi connectivity index (χ1) is 23.6. The Labute approximate surface area is 278 Å². The van der Waals surface area contributed by atoms with Crippen LogP contribution in [0.25, 0.3) is 71.7 Å². The molecule has 2 aromatic heterocycles. The molecule has 10 rings (SSSR count). The number of furan rings is 1. The molecule has 0 aliphatic carbocycles. The van der Waals surface area contributed by atoms with E-state index in [9.17, 15) is 0 Å². The summed E-state index contributed by atoms with van der Waals surface area (Å²) in [7, 11) is 0. The lowest BCUT2D eigenvalue weighted by Crippen LogP contribution is -2.24. The minimum atomic E-state index is -0.228. The number of benzene rings is 7. The van der Waals surface area contributed by atoms with Gasteiger partial charge in [0, 0.05) is 54.9 Å². The largest absolute Gasteiger partial charge is 0.456 e. The van der Waals surface area contributed by atoms with Crippen molar-refractivity contribution in [3.63, 3.8) is 0 Å². The van der Waals surface area contributed by atoms with Gasteiger partial charge in [-0.1, -0.05) is 123 Å². The molecule has 228 valence electrons. The van der Waals surface area contributed by atoms with Gasteiger partial charge in [-0.25, -0.2) is 0 Å². The Balaban J connectivity index is 1.28. The van der Waals surface area contributed by atoms with Crippen LogP contribution in [0.1, 0.15) is 25.0 Å². The highest BCUT2D eigenvalue weighted by molar-refractivity contribution is 6.13. The Kier molecular flexibility index (Phi) is 5.63. The highest BCUT2D eigenvalue weighted by Gasteiger charge is 2.36. The fourth-order valence-corrected chi connectivity index (χ4v) is 7.88. The van der Waals surface area contributed by atoms with Gasteiger partial charge < -0.3 is 13.7 Å². The molecule has 9 aromatic rings. The van der Waals surface area contributed by atoms with Crippen LogP contribution in [0, 0.1) is 0 Å². The Morgan fingerprint density at radius 3 is 2.12 bits per heavy atom. The van der Waals surface area contributed by atoms with E-state index in [1.807, 2.05) is 12.1 Å². The number of para-hydroxylation sites is 4. The van der Waals surface area contributed by atoms with E-state index in [0.29, 0.717) is 0 Å². The lowest BCUT2D eigenvalue weighted by Gasteiger charge is -2.35. The van der Waals surface area contributed by atoms with Gasteiger partial charge in [0.15, 0.2) is 0 Å². The van der Waals surface area contributed by atoms with Gasteiger partial charge in [-0.3, -0.25) is 0 Å². The Morgan fingerprint density at radius 1 is 0.500 bits per heavy atom. The first-order valence-corrected chi connectivity index (χ1v) is 16.5. The topological polar surface area (TPSA) is 27.3 Å². The quantitative estimate of drug-likeness (QED) is 0.197. The Morgan fingerprint density at radius 2 is 1.23 bits per heavy atom. The maximum atomic E-state index is 6.80. The molecule has 3 heteroatoms. The van der Waals surface area contributed by atoms with Crippen molar-refractivity contribution in [3.05, 3.63) is 163 Å². The highest BCUT2D eigenvalue weighted by Crippen LogP contribution is 2.52. The van der Waals surface area contributed by atoms with Crippen molar-refractivity contribution in [2.45, 2.75) is 19.3 Å². The van der Waals surface area contributed by atoms with E-state index < -0.39 is 0 Å². The molecule has 0 saturated carbocycles. The van der Waals surface area contributed by atoms with Crippen LogP contribution in [-0.2, 0) is 5.41 Å². The van der Waals surface area contributed by atoms with E-state index in [1.54, 1.807) is 0 Å². The lowest BCUT2D eigenvalue weighted by atomic mass is 9.75. The molecule has 0 radical (unpaired) electrons. The van der Waals surface area contributed by atoms with Gasteiger partial charge in [-0.05, 0) is 53.6 Å². The maximum Gasteiger partial charge on any atom is 0.143 e. The third-order valence-corrected chi connectivity index (χ3v) is 10.3. The Bertz CT molecular complexity index is 2730. The normalized spacial score (nSPS) is 13.5. The molecule has 0 N–H and O–H groups in total. The maximum absolute atomic E-state index is 6.80. The van der Waals surface area contributed by atoms with E-state index in [2.05, 4.69) is 158 Å².